The Labute approximate surface area is 135 Å². The minimum atomic E-state index is -0.253. The number of rotatable bonds is 2. The number of carbonyl (C=O) groups excluding carboxylic acids is 1. The highest BCUT2D eigenvalue weighted by Crippen LogP contribution is 2.29. The standard InChI is InChI=1S/C19H19N2O2/c1-20-16-10-6-5-9-15(16)13-21-12-11-17(18(20)21)23-19(22)14-7-3-2-4-8-14/h2-10,17H,11-13H2,1H3/q+1/t17-/m1/s1. The van der Waals surface area contributed by atoms with E-state index >= 15 is 0 Å². The average Bonchev–Trinajstić information content (AvgIpc) is 2.99. The van der Waals surface area contributed by atoms with Gasteiger partial charge in [0, 0.05) is 12.0 Å². The van der Waals surface area contributed by atoms with Gasteiger partial charge in [0.25, 0.3) is 5.84 Å². The van der Waals surface area contributed by atoms with Crippen molar-refractivity contribution in [3.05, 3.63) is 65.7 Å². The van der Waals surface area contributed by atoms with Crippen molar-refractivity contribution >= 4 is 17.5 Å². The molecule has 0 N–H and O–H groups in total. The first-order valence-electron chi connectivity index (χ1n) is 7.93. The highest BCUT2D eigenvalue weighted by atomic mass is 16.5. The van der Waals surface area contributed by atoms with E-state index in [4.69, 9.17) is 4.74 Å². The van der Waals surface area contributed by atoms with Crippen molar-refractivity contribution < 1.29 is 14.1 Å². The lowest BCUT2D eigenvalue weighted by Gasteiger charge is -2.24. The van der Waals surface area contributed by atoms with E-state index < -0.39 is 0 Å². The Morgan fingerprint density at radius 1 is 1.13 bits per heavy atom. The van der Waals surface area contributed by atoms with Crippen molar-refractivity contribution in [2.24, 2.45) is 0 Å². The minimum Gasteiger partial charge on any atom is -0.446 e. The molecule has 23 heavy (non-hydrogen) atoms. The molecule has 2 aromatic rings. The Kier molecular flexibility index (Phi) is 3.37. The van der Waals surface area contributed by atoms with Crippen LogP contribution in [0.15, 0.2) is 54.6 Å². The van der Waals surface area contributed by atoms with Crippen LogP contribution < -0.4 is 4.90 Å². The van der Waals surface area contributed by atoms with Gasteiger partial charge in [-0.2, -0.15) is 0 Å². The lowest BCUT2D eigenvalue weighted by molar-refractivity contribution is -0.538. The Hall–Kier alpha value is -2.62. The number of hydrogen-bond donors (Lipinski definition) is 0. The lowest BCUT2D eigenvalue weighted by Crippen LogP contribution is -2.43. The molecule has 0 aliphatic carbocycles. The highest BCUT2D eigenvalue weighted by Gasteiger charge is 2.42. The summed E-state index contributed by atoms with van der Waals surface area (Å²) in [6, 6.07) is 17.6. The van der Waals surface area contributed by atoms with Crippen molar-refractivity contribution in [1.29, 1.82) is 0 Å². The van der Waals surface area contributed by atoms with Crippen LogP contribution in [0, 0.1) is 0 Å². The van der Waals surface area contributed by atoms with E-state index in [-0.39, 0.29) is 12.1 Å². The second-order valence-electron chi connectivity index (χ2n) is 6.02. The molecule has 2 aliphatic heterocycles. The van der Waals surface area contributed by atoms with Crippen LogP contribution in [0.3, 0.4) is 0 Å². The first kappa shape index (κ1) is 14.0. The maximum Gasteiger partial charge on any atom is 0.339 e. The van der Waals surface area contributed by atoms with Crippen LogP contribution in [-0.2, 0) is 11.3 Å². The molecule has 0 bridgehead atoms. The third kappa shape index (κ3) is 2.40. The number of hydrogen-bond acceptors (Lipinski definition) is 3. The van der Waals surface area contributed by atoms with Gasteiger partial charge in [0.2, 0.25) is 6.10 Å². The molecule has 0 amide bonds. The number of para-hydroxylation sites is 1. The van der Waals surface area contributed by atoms with Gasteiger partial charge in [-0.05, 0) is 18.2 Å². The molecule has 0 saturated heterocycles. The van der Waals surface area contributed by atoms with Crippen molar-refractivity contribution in [3.63, 3.8) is 0 Å². The van der Waals surface area contributed by atoms with E-state index in [0.717, 1.165) is 25.3 Å². The molecule has 2 aliphatic rings. The quantitative estimate of drug-likeness (QED) is 0.632. The van der Waals surface area contributed by atoms with Crippen LogP contribution >= 0.6 is 0 Å². The van der Waals surface area contributed by atoms with Crippen molar-refractivity contribution in [2.75, 3.05) is 18.5 Å². The third-order valence-corrected chi connectivity index (χ3v) is 4.59. The Bertz CT molecular complexity index is 783. The second kappa shape index (κ2) is 5.54. The molecule has 4 heteroatoms. The Morgan fingerprint density at radius 2 is 1.87 bits per heavy atom. The number of esters is 1. The van der Waals surface area contributed by atoms with Crippen LogP contribution in [0.25, 0.3) is 0 Å². The minimum absolute atomic E-state index is 0.180. The van der Waals surface area contributed by atoms with Gasteiger partial charge in [-0.1, -0.05) is 36.4 Å². The predicted molar refractivity (Wildman–Crippen MR) is 88.9 cm³/mol. The zero-order chi connectivity index (χ0) is 15.8. The molecular weight excluding hydrogens is 288 g/mol. The molecule has 4 nitrogen and oxygen atoms in total. The molecule has 4 rings (SSSR count). The Morgan fingerprint density at radius 3 is 2.70 bits per heavy atom. The summed E-state index contributed by atoms with van der Waals surface area (Å²) in [5.41, 5.74) is 3.11. The van der Waals surface area contributed by atoms with E-state index in [1.807, 2.05) is 24.3 Å². The molecule has 2 heterocycles. The van der Waals surface area contributed by atoms with E-state index in [1.54, 1.807) is 12.1 Å². The fourth-order valence-electron chi connectivity index (χ4n) is 3.49. The maximum absolute atomic E-state index is 12.4. The summed E-state index contributed by atoms with van der Waals surface area (Å²) in [6.45, 7) is 1.80. The highest BCUT2D eigenvalue weighted by molar-refractivity contribution is 6.01. The largest absolute Gasteiger partial charge is 0.446 e. The van der Waals surface area contributed by atoms with Gasteiger partial charge in [0.1, 0.15) is 12.2 Å². The van der Waals surface area contributed by atoms with Crippen molar-refractivity contribution in [2.45, 2.75) is 19.1 Å². The van der Waals surface area contributed by atoms with Crippen LogP contribution in [0.2, 0.25) is 0 Å². The van der Waals surface area contributed by atoms with Gasteiger partial charge < -0.3 is 4.74 Å². The molecule has 0 spiro atoms. The van der Waals surface area contributed by atoms with Gasteiger partial charge in [-0.3, -0.25) is 4.58 Å². The number of fused-ring (bicyclic) bond motifs is 1. The van der Waals surface area contributed by atoms with Crippen LogP contribution in [0.5, 0.6) is 0 Å². The topological polar surface area (TPSA) is 32.5 Å². The summed E-state index contributed by atoms with van der Waals surface area (Å²) in [6.07, 6.45) is 0.660. The third-order valence-electron chi connectivity index (χ3n) is 4.59. The molecule has 0 unspecified atom stereocenters. The summed E-state index contributed by atoms with van der Waals surface area (Å²) in [5.74, 6) is 0.838. The van der Waals surface area contributed by atoms with Gasteiger partial charge in [-0.15, -0.1) is 0 Å². The van der Waals surface area contributed by atoms with Gasteiger partial charge in [0.05, 0.1) is 19.2 Å². The van der Waals surface area contributed by atoms with Gasteiger partial charge in [-0.25, -0.2) is 9.69 Å². The zero-order valence-corrected chi connectivity index (χ0v) is 13.1. The van der Waals surface area contributed by atoms with Crippen LogP contribution in [0.4, 0.5) is 5.69 Å². The maximum atomic E-state index is 12.4. The first-order valence-corrected chi connectivity index (χ1v) is 7.93. The molecule has 0 saturated carbocycles. The number of anilines is 1. The molecule has 0 aromatic heterocycles. The molecule has 0 fully saturated rings. The summed E-state index contributed by atoms with van der Waals surface area (Å²) >= 11 is 0. The SMILES string of the molecule is CN1C2=[N+](CC[C@H]2OC(=O)c2ccccc2)Cc2ccccc21. The fraction of sp³-hybridized carbons (Fsp3) is 0.263. The number of likely N-dealkylation sites (N-methyl/N-ethyl adjacent to an activating group) is 1. The summed E-state index contributed by atoms with van der Waals surface area (Å²) in [4.78, 5) is 14.5. The fourth-order valence-corrected chi connectivity index (χ4v) is 3.49. The van der Waals surface area contributed by atoms with E-state index in [1.165, 1.54) is 11.3 Å². The summed E-state index contributed by atoms with van der Waals surface area (Å²) in [5, 5.41) is 0. The molecule has 1 atom stereocenters. The average molecular weight is 307 g/mol. The number of nitrogens with zero attached hydrogens (tertiary/aromatic N) is 2. The van der Waals surface area contributed by atoms with Crippen molar-refractivity contribution in [1.82, 2.24) is 0 Å². The number of amidine groups is 1. The van der Waals surface area contributed by atoms with Crippen LogP contribution in [0.1, 0.15) is 22.3 Å². The Balaban J connectivity index is 1.59. The predicted octanol–water partition coefficient (Wildman–Crippen LogP) is 2.68. The molecule has 2 aromatic carbocycles. The molecule has 0 radical (unpaired) electrons. The summed E-state index contributed by atoms with van der Waals surface area (Å²) < 4.78 is 8.10. The van der Waals surface area contributed by atoms with E-state index in [0.29, 0.717) is 5.56 Å². The van der Waals surface area contributed by atoms with E-state index in [9.17, 15) is 4.79 Å². The smallest absolute Gasteiger partial charge is 0.339 e. The number of benzene rings is 2. The zero-order valence-electron chi connectivity index (χ0n) is 13.1. The first-order chi connectivity index (χ1) is 11.2. The number of ether oxygens (including phenoxy) is 1. The number of carbonyl (C=O) groups is 1. The monoisotopic (exact) mass is 307 g/mol. The second-order valence-corrected chi connectivity index (χ2v) is 6.02. The van der Waals surface area contributed by atoms with Crippen molar-refractivity contribution in [3.8, 4) is 0 Å². The van der Waals surface area contributed by atoms with Gasteiger partial charge in [0.15, 0.2) is 0 Å². The van der Waals surface area contributed by atoms with Gasteiger partial charge >= 0.3 is 5.97 Å². The molecule has 116 valence electrons. The van der Waals surface area contributed by atoms with E-state index in [2.05, 4.69) is 34.7 Å². The molecular formula is C19H19N2O2+. The normalized spacial score (nSPS) is 19.3. The summed E-state index contributed by atoms with van der Waals surface area (Å²) in [7, 11) is 2.05. The van der Waals surface area contributed by atoms with Crippen LogP contribution in [-0.4, -0.2) is 36.1 Å². The lowest BCUT2D eigenvalue weighted by atomic mass is 10.1.